The summed E-state index contributed by atoms with van der Waals surface area (Å²) in [6.07, 6.45) is 1.94. The number of sulfonamides is 1. The molecule has 1 saturated carbocycles. The van der Waals surface area contributed by atoms with Crippen LogP contribution in [0.2, 0.25) is 0 Å². The third-order valence-electron chi connectivity index (χ3n) is 3.78. The van der Waals surface area contributed by atoms with Gasteiger partial charge < -0.3 is 5.32 Å². The summed E-state index contributed by atoms with van der Waals surface area (Å²) in [7, 11) is -3.82. The van der Waals surface area contributed by atoms with Gasteiger partial charge in [0, 0.05) is 11.6 Å². The first-order valence-electron chi connectivity index (χ1n) is 6.63. The number of amides is 1. The Morgan fingerprint density at radius 1 is 1.25 bits per heavy atom. The maximum Gasteiger partial charge on any atom is 0.251 e. The molecule has 0 spiro atoms. The fourth-order valence-corrected chi connectivity index (χ4v) is 3.46. The van der Waals surface area contributed by atoms with Crippen molar-refractivity contribution in [3.05, 3.63) is 28.8 Å². The second-order valence-corrected chi connectivity index (χ2v) is 7.25. The van der Waals surface area contributed by atoms with Crippen molar-refractivity contribution in [2.75, 3.05) is 0 Å². The Morgan fingerprint density at radius 2 is 1.85 bits per heavy atom. The molecule has 20 heavy (non-hydrogen) atoms. The standard InChI is InChI=1S/C14H20N2O3S/c1-8-4-11(5-8)16-14(17)12-7-13(20(15,18)19)10(3)6-9(12)2/h6-8,11H,4-5H2,1-3H3,(H,16,17)(H2,15,18,19). The van der Waals surface area contributed by atoms with Gasteiger partial charge in [0.15, 0.2) is 0 Å². The van der Waals surface area contributed by atoms with Crippen molar-refractivity contribution in [1.82, 2.24) is 5.32 Å². The first-order valence-corrected chi connectivity index (χ1v) is 8.18. The van der Waals surface area contributed by atoms with Crippen molar-refractivity contribution >= 4 is 15.9 Å². The molecule has 1 amide bonds. The molecule has 1 aromatic carbocycles. The highest BCUT2D eigenvalue weighted by Crippen LogP contribution is 2.27. The molecule has 6 heteroatoms. The summed E-state index contributed by atoms with van der Waals surface area (Å²) < 4.78 is 23.0. The zero-order valence-electron chi connectivity index (χ0n) is 11.9. The van der Waals surface area contributed by atoms with Gasteiger partial charge >= 0.3 is 0 Å². The van der Waals surface area contributed by atoms with Crippen LogP contribution in [0.5, 0.6) is 0 Å². The molecule has 3 N–H and O–H groups in total. The summed E-state index contributed by atoms with van der Waals surface area (Å²) in [5.41, 5.74) is 1.68. The van der Waals surface area contributed by atoms with Crippen molar-refractivity contribution in [3.8, 4) is 0 Å². The summed E-state index contributed by atoms with van der Waals surface area (Å²) in [5.74, 6) is 0.406. The Balaban J connectivity index is 2.29. The monoisotopic (exact) mass is 296 g/mol. The predicted octanol–water partition coefficient (Wildman–Crippen LogP) is 1.48. The Bertz CT molecular complexity index is 647. The molecule has 110 valence electrons. The van der Waals surface area contributed by atoms with E-state index in [1.165, 1.54) is 6.07 Å². The number of primary sulfonamides is 1. The molecular formula is C14H20N2O3S. The van der Waals surface area contributed by atoms with Crippen molar-refractivity contribution < 1.29 is 13.2 Å². The fraction of sp³-hybridized carbons (Fsp3) is 0.500. The summed E-state index contributed by atoms with van der Waals surface area (Å²) in [6, 6.07) is 3.24. The van der Waals surface area contributed by atoms with Crippen LogP contribution in [-0.4, -0.2) is 20.4 Å². The lowest BCUT2D eigenvalue weighted by atomic mass is 9.82. The van der Waals surface area contributed by atoms with Gasteiger partial charge in [-0.1, -0.05) is 13.0 Å². The van der Waals surface area contributed by atoms with Crippen molar-refractivity contribution in [3.63, 3.8) is 0 Å². The highest BCUT2D eigenvalue weighted by molar-refractivity contribution is 7.89. The van der Waals surface area contributed by atoms with Crippen LogP contribution in [0, 0.1) is 19.8 Å². The molecule has 2 rings (SSSR count). The van der Waals surface area contributed by atoms with Gasteiger partial charge in [0.05, 0.1) is 4.90 Å². The Hall–Kier alpha value is -1.40. The second-order valence-electron chi connectivity index (χ2n) is 5.72. The predicted molar refractivity (Wildman–Crippen MR) is 76.9 cm³/mol. The molecule has 0 aromatic heterocycles. The molecular weight excluding hydrogens is 276 g/mol. The largest absolute Gasteiger partial charge is 0.349 e. The van der Waals surface area contributed by atoms with Crippen LogP contribution in [-0.2, 0) is 10.0 Å². The number of carbonyl (C=O) groups is 1. The first-order chi connectivity index (χ1) is 9.18. The zero-order chi connectivity index (χ0) is 15.1. The van der Waals surface area contributed by atoms with Gasteiger partial charge in [0.25, 0.3) is 5.91 Å². The van der Waals surface area contributed by atoms with Gasteiger partial charge in [-0.25, -0.2) is 13.6 Å². The molecule has 1 aliphatic rings. The number of aryl methyl sites for hydroxylation is 2. The number of hydrogen-bond donors (Lipinski definition) is 2. The highest BCUT2D eigenvalue weighted by atomic mass is 32.2. The van der Waals surface area contributed by atoms with E-state index in [0.29, 0.717) is 17.0 Å². The lowest BCUT2D eigenvalue weighted by molar-refractivity contribution is 0.0895. The normalized spacial score (nSPS) is 22.2. The van der Waals surface area contributed by atoms with Crippen LogP contribution < -0.4 is 10.5 Å². The van der Waals surface area contributed by atoms with Crippen molar-refractivity contribution in [2.24, 2.45) is 11.1 Å². The quantitative estimate of drug-likeness (QED) is 0.885. The van der Waals surface area contributed by atoms with E-state index in [-0.39, 0.29) is 16.8 Å². The third-order valence-corrected chi connectivity index (χ3v) is 4.83. The number of nitrogens with one attached hydrogen (secondary N) is 1. The lowest BCUT2D eigenvalue weighted by Gasteiger charge is -2.33. The van der Waals surface area contributed by atoms with E-state index in [9.17, 15) is 13.2 Å². The average Bonchev–Trinajstić information content (AvgIpc) is 2.24. The summed E-state index contributed by atoms with van der Waals surface area (Å²) in [6.45, 7) is 5.60. The SMILES string of the molecule is Cc1cc(C)c(S(N)(=O)=O)cc1C(=O)NC1CC(C)C1. The van der Waals surface area contributed by atoms with Crippen LogP contribution >= 0.6 is 0 Å². The molecule has 0 saturated heterocycles. The minimum atomic E-state index is -3.82. The number of nitrogens with two attached hydrogens (primary N) is 1. The van der Waals surface area contributed by atoms with Gasteiger partial charge in [0.2, 0.25) is 10.0 Å². The van der Waals surface area contributed by atoms with Crippen molar-refractivity contribution in [1.29, 1.82) is 0 Å². The van der Waals surface area contributed by atoms with Gasteiger partial charge in [0.1, 0.15) is 0 Å². The molecule has 5 nitrogen and oxygen atoms in total. The average molecular weight is 296 g/mol. The molecule has 1 fully saturated rings. The van der Waals surface area contributed by atoms with Gasteiger partial charge in [-0.3, -0.25) is 4.79 Å². The topological polar surface area (TPSA) is 89.3 Å². The minimum absolute atomic E-state index is 0.00947. The van der Waals surface area contributed by atoms with E-state index >= 15 is 0 Å². The molecule has 0 aliphatic heterocycles. The number of carbonyl (C=O) groups excluding carboxylic acids is 1. The van der Waals surface area contributed by atoms with E-state index < -0.39 is 10.0 Å². The maximum absolute atomic E-state index is 12.2. The van der Waals surface area contributed by atoms with Crippen LogP contribution in [0.25, 0.3) is 0 Å². The van der Waals surface area contributed by atoms with E-state index in [1.807, 2.05) is 0 Å². The number of benzene rings is 1. The Morgan fingerprint density at radius 3 is 2.35 bits per heavy atom. The molecule has 0 radical (unpaired) electrons. The van der Waals surface area contributed by atoms with Crippen LogP contribution in [0.4, 0.5) is 0 Å². The van der Waals surface area contributed by atoms with E-state index in [2.05, 4.69) is 12.2 Å². The Kier molecular flexibility index (Phi) is 3.88. The summed E-state index contributed by atoms with van der Waals surface area (Å²) in [4.78, 5) is 12.2. The molecule has 1 aliphatic carbocycles. The molecule has 0 bridgehead atoms. The Labute approximate surface area is 119 Å². The van der Waals surface area contributed by atoms with Crippen LogP contribution in [0.3, 0.4) is 0 Å². The number of hydrogen-bond acceptors (Lipinski definition) is 3. The van der Waals surface area contributed by atoms with E-state index in [4.69, 9.17) is 5.14 Å². The highest BCUT2D eigenvalue weighted by Gasteiger charge is 2.27. The zero-order valence-corrected chi connectivity index (χ0v) is 12.8. The first kappa shape index (κ1) is 15.0. The summed E-state index contributed by atoms with van der Waals surface area (Å²) in [5, 5.41) is 8.10. The second kappa shape index (κ2) is 5.18. The molecule has 0 heterocycles. The van der Waals surface area contributed by atoms with E-state index in [1.54, 1.807) is 19.9 Å². The fourth-order valence-electron chi connectivity index (χ4n) is 2.67. The van der Waals surface area contributed by atoms with E-state index in [0.717, 1.165) is 18.4 Å². The maximum atomic E-state index is 12.2. The molecule has 0 unspecified atom stereocenters. The minimum Gasteiger partial charge on any atom is -0.349 e. The smallest absolute Gasteiger partial charge is 0.251 e. The van der Waals surface area contributed by atoms with Crippen molar-refractivity contribution in [2.45, 2.75) is 44.6 Å². The van der Waals surface area contributed by atoms with Crippen LogP contribution in [0.15, 0.2) is 17.0 Å². The third kappa shape index (κ3) is 3.02. The molecule has 1 aromatic rings. The number of rotatable bonds is 3. The molecule has 0 atom stereocenters. The van der Waals surface area contributed by atoms with Gasteiger partial charge in [-0.15, -0.1) is 0 Å². The summed E-state index contributed by atoms with van der Waals surface area (Å²) >= 11 is 0. The lowest BCUT2D eigenvalue weighted by Crippen LogP contribution is -2.43. The van der Waals surface area contributed by atoms with Gasteiger partial charge in [-0.05, 0) is 49.8 Å². The van der Waals surface area contributed by atoms with Crippen LogP contribution in [0.1, 0.15) is 41.3 Å². The van der Waals surface area contributed by atoms with Gasteiger partial charge in [-0.2, -0.15) is 0 Å².